The summed E-state index contributed by atoms with van der Waals surface area (Å²) < 4.78 is 35.6. The summed E-state index contributed by atoms with van der Waals surface area (Å²) in [6.45, 7) is 10.4. The lowest BCUT2D eigenvalue weighted by Crippen LogP contribution is -2.33. The summed E-state index contributed by atoms with van der Waals surface area (Å²) in [6, 6.07) is 18.9. The zero-order chi connectivity index (χ0) is 24.9. The number of nitrogens with zero attached hydrogens (tertiary/aromatic N) is 4. The molecule has 2 aromatic heterocycles. The number of fused-ring (bicyclic) bond motifs is 1. The maximum Gasteiger partial charge on any atom is 0.408 e. The molecule has 2 aromatic carbocycles. The molecule has 0 radical (unpaired) electrons. The van der Waals surface area contributed by atoms with Crippen molar-refractivity contribution in [2.45, 2.75) is 40.8 Å². The minimum absolute atomic E-state index is 0.808. The number of benzene rings is 2. The van der Waals surface area contributed by atoms with Gasteiger partial charge in [0, 0.05) is 17.5 Å². The summed E-state index contributed by atoms with van der Waals surface area (Å²) >= 11 is 1.70. The number of para-hydroxylation sites is 1. The van der Waals surface area contributed by atoms with Gasteiger partial charge in [-0.2, -0.15) is 0 Å². The van der Waals surface area contributed by atoms with E-state index in [1.54, 1.807) is 11.3 Å². The van der Waals surface area contributed by atoms with E-state index in [0.29, 0.717) is 0 Å². The highest BCUT2D eigenvalue weighted by Gasteiger charge is 2.22. The van der Waals surface area contributed by atoms with Crippen LogP contribution in [0.15, 0.2) is 64.8 Å². The molecule has 2 heterocycles. The van der Waals surface area contributed by atoms with Crippen LogP contribution < -0.4 is 4.57 Å². The number of azo groups is 1. The molecule has 180 valence electrons. The van der Waals surface area contributed by atoms with Crippen LogP contribution in [0.2, 0.25) is 0 Å². The number of thiazole rings is 1. The quantitative estimate of drug-likeness (QED) is 0.144. The monoisotopic (exact) mass is 500 g/mol. The molecule has 10 heteroatoms. The maximum atomic E-state index is 9.22. The number of hydrogen-bond acceptors (Lipinski definition) is 7. The Hall–Kier alpha value is -2.92. The van der Waals surface area contributed by atoms with Gasteiger partial charge in [-0.1, -0.05) is 48.5 Å². The van der Waals surface area contributed by atoms with Crippen molar-refractivity contribution in [3.05, 3.63) is 65.2 Å². The lowest BCUT2D eigenvalue weighted by molar-refractivity contribution is -0.682. The minimum Gasteiger partial charge on any atom is -0.726 e. The molecule has 0 fully saturated rings. The molecule has 0 saturated heterocycles. The molecular weight excluding hydrogens is 472 g/mol. The van der Waals surface area contributed by atoms with Crippen LogP contribution >= 0.6 is 11.3 Å². The third-order valence-corrected chi connectivity index (χ3v) is 6.95. The SMILES string of the molecule is CCn1c(-c2ccccc2)c(N=Nc2sc(C)c(C)[n+]2CC)c2ccccc21.COS(=O)(=O)[O-]. The smallest absolute Gasteiger partial charge is 0.408 e. The van der Waals surface area contributed by atoms with Gasteiger partial charge in [-0.25, -0.2) is 13.0 Å². The molecule has 0 bridgehead atoms. The van der Waals surface area contributed by atoms with E-state index < -0.39 is 10.4 Å². The van der Waals surface area contributed by atoms with Gasteiger partial charge in [0.1, 0.15) is 11.4 Å². The van der Waals surface area contributed by atoms with Crippen molar-refractivity contribution in [1.29, 1.82) is 0 Å². The Bertz CT molecular complexity index is 1410. The normalized spacial score (nSPS) is 11.7. The van der Waals surface area contributed by atoms with E-state index in [1.165, 1.54) is 16.1 Å². The number of hydrogen-bond donors (Lipinski definition) is 0. The second-order valence-corrected chi connectivity index (χ2v) is 9.70. The van der Waals surface area contributed by atoms with Gasteiger partial charge < -0.3 is 9.12 Å². The molecule has 0 saturated carbocycles. The number of aryl methyl sites for hydroxylation is 2. The largest absolute Gasteiger partial charge is 0.726 e. The van der Waals surface area contributed by atoms with Crippen LogP contribution in [0.1, 0.15) is 24.4 Å². The van der Waals surface area contributed by atoms with E-state index in [9.17, 15) is 13.0 Å². The van der Waals surface area contributed by atoms with E-state index in [1.807, 2.05) is 6.07 Å². The van der Waals surface area contributed by atoms with Crippen LogP contribution in [0.4, 0.5) is 10.8 Å². The summed E-state index contributed by atoms with van der Waals surface area (Å²) in [5, 5.41) is 11.6. The third-order valence-electron chi connectivity index (χ3n) is 5.45. The second kappa shape index (κ2) is 11.0. The Kier molecular flexibility index (Phi) is 8.32. The van der Waals surface area contributed by atoms with E-state index in [0.717, 1.165) is 47.7 Å². The van der Waals surface area contributed by atoms with E-state index in [4.69, 9.17) is 10.2 Å². The molecule has 0 amide bonds. The molecule has 8 nitrogen and oxygen atoms in total. The first-order chi connectivity index (χ1) is 16.2. The van der Waals surface area contributed by atoms with Gasteiger partial charge in [0.25, 0.3) is 0 Å². The molecule has 0 aliphatic carbocycles. The molecule has 4 aromatic rings. The standard InChI is InChI=1S/C23H25N4S.CH4O4S/c1-5-26-16(3)17(4)28-23(26)25-24-21-19-14-10-11-15-20(19)27(6-2)22(21)18-12-8-7-9-13-18;1-5-6(2,3)4/h7-15H,5-6H2,1-4H3;1H3,(H,2,3,4)/q+1;/p-1. The first kappa shape index (κ1) is 25.7. The Morgan fingerprint density at radius 2 is 1.65 bits per heavy atom. The van der Waals surface area contributed by atoms with E-state index >= 15 is 0 Å². The Morgan fingerprint density at radius 1 is 1.03 bits per heavy atom. The van der Waals surface area contributed by atoms with E-state index in [2.05, 4.69) is 89.5 Å². The van der Waals surface area contributed by atoms with Gasteiger partial charge in [-0.15, -0.1) is 0 Å². The van der Waals surface area contributed by atoms with Crippen LogP contribution in [-0.4, -0.2) is 24.6 Å². The Balaban J connectivity index is 0.000000481. The fourth-order valence-corrected chi connectivity index (χ4v) is 4.73. The maximum absolute atomic E-state index is 9.22. The molecule has 0 aliphatic heterocycles. The van der Waals surface area contributed by atoms with E-state index in [-0.39, 0.29) is 0 Å². The fourth-order valence-electron chi connectivity index (χ4n) is 3.74. The number of aromatic nitrogens is 2. The molecule has 0 unspecified atom stereocenters. The molecule has 0 atom stereocenters. The first-order valence-corrected chi connectivity index (χ1v) is 13.0. The van der Waals surface area contributed by atoms with Crippen molar-refractivity contribution < 1.29 is 21.7 Å². The van der Waals surface area contributed by atoms with Crippen LogP contribution in [0.3, 0.4) is 0 Å². The molecule has 0 spiro atoms. The minimum atomic E-state index is -4.41. The fraction of sp³-hybridized carbons (Fsp3) is 0.292. The van der Waals surface area contributed by atoms with Crippen molar-refractivity contribution in [3.8, 4) is 11.3 Å². The summed E-state index contributed by atoms with van der Waals surface area (Å²) in [5.74, 6) is 0. The lowest BCUT2D eigenvalue weighted by Gasteiger charge is -2.08. The summed E-state index contributed by atoms with van der Waals surface area (Å²) in [6.07, 6.45) is 0. The molecule has 4 rings (SSSR count). The van der Waals surface area contributed by atoms with Gasteiger partial charge in [0.15, 0.2) is 0 Å². The first-order valence-electron chi connectivity index (χ1n) is 10.8. The highest BCUT2D eigenvalue weighted by Crippen LogP contribution is 2.41. The molecular formula is C24H28N4O4S2. The summed E-state index contributed by atoms with van der Waals surface area (Å²) in [4.78, 5) is 1.29. The lowest BCUT2D eigenvalue weighted by atomic mass is 10.1. The summed E-state index contributed by atoms with van der Waals surface area (Å²) in [7, 11) is -3.60. The Labute approximate surface area is 204 Å². The Morgan fingerprint density at radius 3 is 2.24 bits per heavy atom. The van der Waals surface area contributed by atoms with Crippen molar-refractivity contribution in [2.24, 2.45) is 10.2 Å². The third kappa shape index (κ3) is 5.58. The van der Waals surface area contributed by atoms with Crippen molar-refractivity contribution in [2.75, 3.05) is 7.11 Å². The average Bonchev–Trinajstić information content (AvgIpc) is 3.30. The average molecular weight is 501 g/mol. The highest BCUT2D eigenvalue weighted by atomic mass is 32.3. The summed E-state index contributed by atoms with van der Waals surface area (Å²) in [5.41, 5.74) is 5.69. The predicted octanol–water partition coefficient (Wildman–Crippen LogP) is 5.82. The van der Waals surface area contributed by atoms with Gasteiger partial charge in [0.2, 0.25) is 10.4 Å². The second-order valence-electron chi connectivity index (χ2n) is 7.37. The highest BCUT2D eigenvalue weighted by molar-refractivity contribution is 7.80. The number of rotatable bonds is 6. The van der Waals surface area contributed by atoms with Crippen molar-refractivity contribution in [3.63, 3.8) is 0 Å². The molecule has 34 heavy (non-hydrogen) atoms. The predicted molar refractivity (Wildman–Crippen MR) is 134 cm³/mol. The molecule has 0 N–H and O–H groups in total. The zero-order valence-electron chi connectivity index (χ0n) is 19.8. The van der Waals surface area contributed by atoms with Crippen molar-refractivity contribution >= 4 is 43.5 Å². The van der Waals surface area contributed by atoms with Crippen LogP contribution in [-0.2, 0) is 27.7 Å². The van der Waals surface area contributed by atoms with Gasteiger partial charge in [0.05, 0.1) is 34.9 Å². The van der Waals surface area contributed by atoms with Crippen LogP contribution in [0.5, 0.6) is 0 Å². The van der Waals surface area contributed by atoms with Crippen molar-refractivity contribution in [1.82, 2.24) is 4.57 Å². The van der Waals surface area contributed by atoms with Gasteiger partial charge in [-0.05, 0) is 50.2 Å². The van der Waals surface area contributed by atoms with Gasteiger partial charge in [-0.3, -0.25) is 4.18 Å². The zero-order valence-corrected chi connectivity index (χ0v) is 21.5. The topological polar surface area (TPSA) is 100.0 Å². The van der Waals surface area contributed by atoms with Crippen LogP contribution in [0, 0.1) is 13.8 Å². The van der Waals surface area contributed by atoms with Gasteiger partial charge >= 0.3 is 5.13 Å². The molecule has 0 aliphatic rings. The van der Waals surface area contributed by atoms with Crippen LogP contribution in [0.25, 0.3) is 22.2 Å².